The number of nitrogens with one attached hydrogen (secondary N) is 1. The first kappa shape index (κ1) is 21.6. The molecule has 9 heteroatoms. The van der Waals surface area contributed by atoms with E-state index in [1.807, 2.05) is 55.5 Å². The number of pyridine rings is 1. The second kappa shape index (κ2) is 8.37. The predicted octanol–water partition coefficient (Wildman–Crippen LogP) is 5.60. The summed E-state index contributed by atoms with van der Waals surface area (Å²) in [5, 5.41) is 13.5. The van der Waals surface area contributed by atoms with Gasteiger partial charge in [0.05, 0.1) is 27.7 Å². The molecular formula is C26H22N4O4S. The molecule has 176 valence electrons. The summed E-state index contributed by atoms with van der Waals surface area (Å²) in [7, 11) is 0. The van der Waals surface area contributed by atoms with Crippen LogP contribution in [0.3, 0.4) is 0 Å². The van der Waals surface area contributed by atoms with Crippen molar-refractivity contribution in [3.63, 3.8) is 0 Å². The maximum Gasteiger partial charge on any atom is 0.334 e. The number of urea groups is 2. The molecule has 6 rings (SSSR count). The van der Waals surface area contributed by atoms with Crippen molar-refractivity contribution in [2.45, 2.75) is 19.4 Å². The van der Waals surface area contributed by atoms with Crippen LogP contribution in [0.5, 0.6) is 11.5 Å². The third-order valence-electron chi connectivity index (χ3n) is 6.31. The Balaban J connectivity index is 1.53. The van der Waals surface area contributed by atoms with Crippen LogP contribution in [0.4, 0.5) is 21.0 Å². The number of β-amino-alcohol motifs (C(OH)–C–C–N with tert-alkyl or cyclic N) is 1. The summed E-state index contributed by atoms with van der Waals surface area (Å²) in [5.74, 6) is 1.34. The van der Waals surface area contributed by atoms with Crippen molar-refractivity contribution in [2.75, 3.05) is 23.3 Å². The van der Waals surface area contributed by atoms with E-state index in [0.717, 1.165) is 16.9 Å². The number of amides is 4. The van der Waals surface area contributed by atoms with Crippen LogP contribution in [0.1, 0.15) is 12.0 Å². The van der Waals surface area contributed by atoms with Gasteiger partial charge < -0.3 is 20.1 Å². The van der Waals surface area contributed by atoms with E-state index in [2.05, 4.69) is 10.3 Å². The number of rotatable bonds is 3. The summed E-state index contributed by atoms with van der Waals surface area (Å²) < 4.78 is 6.31. The molecule has 4 amide bonds. The first-order valence-corrected chi connectivity index (χ1v) is 12.2. The third kappa shape index (κ3) is 3.60. The number of carbonyl (C=O) groups is 2. The number of ether oxygens (including phenoxy) is 1. The molecule has 2 N–H and O–H groups in total. The lowest BCUT2D eigenvalue weighted by Crippen LogP contribution is -2.49. The van der Waals surface area contributed by atoms with Crippen molar-refractivity contribution in [1.29, 1.82) is 0 Å². The van der Waals surface area contributed by atoms with Crippen molar-refractivity contribution in [3.8, 4) is 21.9 Å². The van der Waals surface area contributed by atoms with Gasteiger partial charge in [-0.2, -0.15) is 0 Å². The average molecular weight is 487 g/mol. The molecule has 0 spiro atoms. The zero-order chi connectivity index (χ0) is 24.1. The largest absolute Gasteiger partial charge is 0.456 e. The Kier molecular flexibility index (Phi) is 5.16. The van der Waals surface area contributed by atoms with Crippen LogP contribution in [0.2, 0.25) is 0 Å². The number of para-hydroxylation sites is 2. The van der Waals surface area contributed by atoms with E-state index in [0.29, 0.717) is 45.2 Å². The van der Waals surface area contributed by atoms with Crippen molar-refractivity contribution in [1.82, 2.24) is 9.88 Å². The highest BCUT2D eigenvalue weighted by Crippen LogP contribution is 2.51. The lowest BCUT2D eigenvalue weighted by atomic mass is 10.1. The normalized spacial score (nSPS) is 17.1. The quantitative estimate of drug-likeness (QED) is 0.393. The number of aliphatic hydroxyl groups is 1. The van der Waals surface area contributed by atoms with Gasteiger partial charge in [0.1, 0.15) is 16.3 Å². The van der Waals surface area contributed by atoms with Gasteiger partial charge in [0.15, 0.2) is 0 Å². The lowest BCUT2D eigenvalue weighted by molar-refractivity contribution is 0.174. The molecule has 8 nitrogen and oxygen atoms in total. The highest BCUT2D eigenvalue weighted by atomic mass is 32.1. The van der Waals surface area contributed by atoms with E-state index >= 15 is 0 Å². The van der Waals surface area contributed by atoms with Crippen molar-refractivity contribution < 1.29 is 19.4 Å². The summed E-state index contributed by atoms with van der Waals surface area (Å²) in [6.07, 6.45) is 1.54. The van der Waals surface area contributed by atoms with Gasteiger partial charge in [-0.3, -0.25) is 0 Å². The number of hydrogen-bond acceptors (Lipinski definition) is 6. The van der Waals surface area contributed by atoms with Crippen LogP contribution in [-0.2, 0) is 0 Å². The topological polar surface area (TPSA) is 95.0 Å². The van der Waals surface area contributed by atoms with Crippen molar-refractivity contribution >= 4 is 45.0 Å². The lowest BCUT2D eigenvalue weighted by Gasteiger charge is -2.30. The van der Waals surface area contributed by atoms with Crippen LogP contribution >= 0.6 is 11.3 Å². The molecule has 2 aliphatic rings. The Morgan fingerprint density at radius 1 is 1.14 bits per heavy atom. The molecule has 0 aliphatic carbocycles. The van der Waals surface area contributed by atoms with E-state index < -0.39 is 18.2 Å². The van der Waals surface area contributed by atoms with Crippen LogP contribution < -0.4 is 15.0 Å². The fourth-order valence-corrected chi connectivity index (χ4v) is 5.74. The van der Waals surface area contributed by atoms with Crippen LogP contribution in [0, 0.1) is 6.92 Å². The highest BCUT2D eigenvalue weighted by molar-refractivity contribution is 7.23. The summed E-state index contributed by atoms with van der Waals surface area (Å²) in [6, 6.07) is 16.1. The van der Waals surface area contributed by atoms with Gasteiger partial charge in [-0.1, -0.05) is 30.3 Å². The van der Waals surface area contributed by atoms with Gasteiger partial charge >= 0.3 is 12.1 Å². The van der Waals surface area contributed by atoms with Gasteiger partial charge in [-0.15, -0.1) is 11.3 Å². The number of aliphatic hydroxyl groups excluding tert-OH is 1. The molecule has 1 fully saturated rings. The molecule has 0 radical (unpaired) electrons. The highest BCUT2D eigenvalue weighted by Gasteiger charge is 2.39. The minimum atomic E-state index is -0.592. The SMILES string of the molecule is Cc1ccccc1Oc1ccccc1-c1sc2nccc3c2c1N(C(=O)N1CC[C@@H](O)C1)C(=O)N3. The zero-order valence-electron chi connectivity index (χ0n) is 18.9. The van der Waals surface area contributed by atoms with Crippen LogP contribution in [0.25, 0.3) is 20.7 Å². The van der Waals surface area contributed by atoms with Crippen LogP contribution in [-0.4, -0.2) is 46.2 Å². The van der Waals surface area contributed by atoms with Crippen molar-refractivity contribution in [2.24, 2.45) is 0 Å². The Bertz CT molecular complexity index is 1480. The second-order valence-electron chi connectivity index (χ2n) is 8.62. The van der Waals surface area contributed by atoms with Crippen LogP contribution in [0.15, 0.2) is 60.8 Å². The molecule has 2 aromatic carbocycles. The van der Waals surface area contributed by atoms with E-state index in [1.165, 1.54) is 21.1 Å². The standard InChI is InChI=1S/C26H22N4O4S/c1-15-6-2-4-8-19(15)34-20-9-5-3-7-17(20)23-22-21-18(10-12-27-24(21)35-23)28-25(32)30(22)26(33)29-13-11-16(31)14-29/h2-10,12,16,31H,11,13-14H2,1H3,(H,28,32)/t16-/m1/s1. The number of carbonyl (C=O) groups excluding carboxylic acids is 2. The number of thiophene rings is 1. The Labute approximate surface area is 205 Å². The molecule has 0 saturated carbocycles. The summed E-state index contributed by atoms with van der Waals surface area (Å²) >= 11 is 1.41. The second-order valence-corrected chi connectivity index (χ2v) is 9.62. The summed E-state index contributed by atoms with van der Waals surface area (Å²) in [4.78, 5) is 35.4. The molecule has 2 aromatic heterocycles. The molecule has 0 unspecified atom stereocenters. The summed E-state index contributed by atoms with van der Waals surface area (Å²) in [5.41, 5.74) is 2.85. The molecule has 4 aromatic rings. The maximum absolute atomic E-state index is 13.5. The molecular weight excluding hydrogens is 464 g/mol. The van der Waals surface area contributed by atoms with Gasteiger partial charge in [-0.05, 0) is 43.2 Å². The smallest absolute Gasteiger partial charge is 0.334 e. The Hall–Kier alpha value is -3.95. The number of anilines is 2. The minimum Gasteiger partial charge on any atom is -0.456 e. The fourth-order valence-electron chi connectivity index (χ4n) is 4.55. The number of imide groups is 1. The van der Waals surface area contributed by atoms with Gasteiger partial charge in [0.25, 0.3) is 0 Å². The predicted molar refractivity (Wildman–Crippen MR) is 135 cm³/mol. The molecule has 1 saturated heterocycles. The number of benzene rings is 2. The molecule has 2 aliphatic heterocycles. The third-order valence-corrected chi connectivity index (χ3v) is 7.43. The number of hydrogen-bond donors (Lipinski definition) is 2. The fraction of sp³-hybridized carbons (Fsp3) is 0.192. The monoisotopic (exact) mass is 486 g/mol. The van der Waals surface area contributed by atoms with E-state index in [4.69, 9.17) is 4.74 Å². The van der Waals surface area contributed by atoms with E-state index in [9.17, 15) is 14.7 Å². The van der Waals surface area contributed by atoms with E-state index in [1.54, 1.807) is 12.3 Å². The minimum absolute atomic E-state index is 0.193. The van der Waals surface area contributed by atoms with Gasteiger partial charge in [0, 0.05) is 24.8 Å². The average Bonchev–Trinajstić information content (AvgIpc) is 3.46. The number of aromatic nitrogens is 1. The van der Waals surface area contributed by atoms with Crippen molar-refractivity contribution in [3.05, 3.63) is 66.4 Å². The Morgan fingerprint density at radius 2 is 1.91 bits per heavy atom. The molecule has 4 heterocycles. The zero-order valence-corrected chi connectivity index (χ0v) is 19.7. The first-order valence-electron chi connectivity index (χ1n) is 11.3. The number of aryl methyl sites for hydroxylation is 1. The van der Waals surface area contributed by atoms with Gasteiger partial charge in [0.2, 0.25) is 0 Å². The van der Waals surface area contributed by atoms with Gasteiger partial charge in [-0.25, -0.2) is 19.5 Å². The maximum atomic E-state index is 13.5. The number of likely N-dealkylation sites (tertiary alicyclic amines) is 1. The van der Waals surface area contributed by atoms with E-state index in [-0.39, 0.29) is 6.54 Å². The molecule has 35 heavy (non-hydrogen) atoms. The molecule has 0 bridgehead atoms. The summed E-state index contributed by atoms with van der Waals surface area (Å²) in [6.45, 7) is 2.56. The Morgan fingerprint density at radius 3 is 2.69 bits per heavy atom. The first-order chi connectivity index (χ1) is 17.0. The number of nitrogens with zero attached hydrogens (tertiary/aromatic N) is 3. The molecule has 1 atom stereocenters.